The number of carbonyl (C=O) groups is 2. The van der Waals surface area contributed by atoms with Gasteiger partial charge in [0, 0.05) is 21.6 Å². The van der Waals surface area contributed by atoms with Crippen LogP contribution >= 0.6 is 15.9 Å². The minimum atomic E-state index is -0.276. The molecule has 0 atom stereocenters. The van der Waals surface area contributed by atoms with Crippen molar-refractivity contribution in [1.82, 2.24) is 5.43 Å². The lowest BCUT2D eigenvalue weighted by atomic mass is 9.88. The zero-order valence-corrected chi connectivity index (χ0v) is 17.5. The molecule has 1 aliphatic rings. The summed E-state index contributed by atoms with van der Waals surface area (Å²) in [6.07, 6.45) is 5.41. The van der Waals surface area contributed by atoms with Crippen molar-refractivity contribution in [1.29, 1.82) is 0 Å². The van der Waals surface area contributed by atoms with Gasteiger partial charge in [0.15, 0.2) is 0 Å². The van der Waals surface area contributed by atoms with E-state index in [9.17, 15) is 9.59 Å². The molecule has 0 saturated heterocycles. The zero-order chi connectivity index (χ0) is 19.9. The maximum Gasteiger partial charge on any atom is 0.271 e. The van der Waals surface area contributed by atoms with Crippen molar-refractivity contribution in [2.75, 3.05) is 5.32 Å². The van der Waals surface area contributed by atoms with E-state index < -0.39 is 0 Å². The summed E-state index contributed by atoms with van der Waals surface area (Å²) >= 11 is 3.35. The van der Waals surface area contributed by atoms with E-state index in [1.54, 1.807) is 18.2 Å². The van der Waals surface area contributed by atoms with Crippen molar-refractivity contribution < 1.29 is 9.59 Å². The second-order valence-electron chi connectivity index (χ2n) is 7.05. The van der Waals surface area contributed by atoms with Crippen molar-refractivity contribution in [3.8, 4) is 0 Å². The minimum Gasteiger partial charge on any atom is -0.326 e. The lowest BCUT2D eigenvalue weighted by molar-refractivity contribution is -0.120. The third kappa shape index (κ3) is 5.52. The molecule has 28 heavy (non-hydrogen) atoms. The average Bonchev–Trinajstić information content (AvgIpc) is 2.72. The molecular weight excluding hydrogens is 418 g/mol. The number of hydrazone groups is 1. The van der Waals surface area contributed by atoms with Crippen LogP contribution in [0.2, 0.25) is 0 Å². The molecule has 3 rings (SSSR count). The highest BCUT2D eigenvalue weighted by molar-refractivity contribution is 9.10. The van der Waals surface area contributed by atoms with Gasteiger partial charge in [0.1, 0.15) is 0 Å². The van der Waals surface area contributed by atoms with E-state index in [0.29, 0.717) is 11.3 Å². The summed E-state index contributed by atoms with van der Waals surface area (Å²) in [7, 11) is 0. The van der Waals surface area contributed by atoms with E-state index >= 15 is 0 Å². The number of hydrogen-bond donors (Lipinski definition) is 2. The van der Waals surface area contributed by atoms with Crippen LogP contribution in [-0.2, 0) is 4.79 Å². The van der Waals surface area contributed by atoms with E-state index in [0.717, 1.165) is 41.4 Å². The monoisotopic (exact) mass is 441 g/mol. The summed E-state index contributed by atoms with van der Waals surface area (Å²) < 4.78 is 0.835. The average molecular weight is 442 g/mol. The van der Waals surface area contributed by atoms with E-state index in [1.165, 1.54) is 6.42 Å². The number of carbonyl (C=O) groups excluding carboxylic acids is 2. The maximum atomic E-state index is 12.4. The molecule has 0 heterocycles. The first-order valence-corrected chi connectivity index (χ1v) is 10.3. The Hall–Kier alpha value is -2.47. The third-order valence-corrected chi connectivity index (χ3v) is 5.43. The SMILES string of the molecule is CC(=NNC(=O)c1cccc(Br)c1)c1cccc(NC(=O)C2CCCCC2)c1. The highest BCUT2D eigenvalue weighted by Gasteiger charge is 2.21. The van der Waals surface area contributed by atoms with Gasteiger partial charge in [-0.05, 0) is 55.7 Å². The van der Waals surface area contributed by atoms with Crippen LogP contribution in [0.3, 0.4) is 0 Å². The summed E-state index contributed by atoms with van der Waals surface area (Å²) in [6.45, 7) is 1.82. The van der Waals surface area contributed by atoms with Crippen molar-refractivity contribution in [2.45, 2.75) is 39.0 Å². The van der Waals surface area contributed by atoms with Gasteiger partial charge >= 0.3 is 0 Å². The lowest BCUT2D eigenvalue weighted by Crippen LogP contribution is -2.24. The van der Waals surface area contributed by atoms with E-state index in [4.69, 9.17) is 0 Å². The van der Waals surface area contributed by atoms with Crippen LogP contribution < -0.4 is 10.7 Å². The standard InChI is InChI=1S/C22H24BrN3O2/c1-15(25-26-22(28)18-10-5-11-19(23)13-18)17-9-6-12-20(14-17)24-21(27)16-7-3-2-4-8-16/h5-6,9-14,16H,2-4,7-8H2,1H3,(H,24,27)(H,26,28). The zero-order valence-electron chi connectivity index (χ0n) is 15.9. The predicted molar refractivity (Wildman–Crippen MR) is 115 cm³/mol. The molecule has 0 radical (unpaired) electrons. The van der Waals surface area contributed by atoms with Crippen LogP contribution in [0.15, 0.2) is 58.1 Å². The van der Waals surface area contributed by atoms with E-state index in [1.807, 2.05) is 37.3 Å². The first-order chi connectivity index (χ1) is 13.5. The molecule has 0 aliphatic heterocycles. The number of benzene rings is 2. The number of nitrogens with one attached hydrogen (secondary N) is 2. The molecule has 1 fully saturated rings. The Morgan fingerprint density at radius 1 is 1.00 bits per heavy atom. The van der Waals surface area contributed by atoms with Gasteiger partial charge in [-0.25, -0.2) is 5.43 Å². The van der Waals surface area contributed by atoms with Crippen molar-refractivity contribution in [3.05, 3.63) is 64.1 Å². The molecule has 2 aromatic carbocycles. The molecule has 2 amide bonds. The Morgan fingerprint density at radius 2 is 1.71 bits per heavy atom. The summed E-state index contributed by atoms with van der Waals surface area (Å²) in [6, 6.07) is 14.7. The van der Waals surface area contributed by atoms with Gasteiger partial charge in [0.05, 0.1) is 5.71 Å². The highest BCUT2D eigenvalue weighted by atomic mass is 79.9. The molecule has 5 nitrogen and oxygen atoms in total. The van der Waals surface area contributed by atoms with Gasteiger partial charge in [-0.2, -0.15) is 5.10 Å². The Bertz CT molecular complexity index is 889. The minimum absolute atomic E-state index is 0.0920. The van der Waals surface area contributed by atoms with E-state index in [-0.39, 0.29) is 17.7 Å². The fourth-order valence-electron chi connectivity index (χ4n) is 3.32. The topological polar surface area (TPSA) is 70.6 Å². The Morgan fingerprint density at radius 3 is 2.46 bits per heavy atom. The summed E-state index contributed by atoms with van der Waals surface area (Å²) in [5.74, 6) is -0.0755. The Kier molecular flexibility index (Phi) is 6.98. The largest absolute Gasteiger partial charge is 0.326 e. The van der Waals surface area contributed by atoms with Crippen molar-refractivity contribution >= 4 is 39.1 Å². The van der Waals surface area contributed by atoms with Crippen LogP contribution in [-0.4, -0.2) is 17.5 Å². The molecular formula is C22H24BrN3O2. The second-order valence-corrected chi connectivity index (χ2v) is 7.97. The number of rotatable bonds is 5. The van der Waals surface area contributed by atoms with Gasteiger partial charge in [-0.15, -0.1) is 0 Å². The number of halogens is 1. The molecule has 1 aliphatic carbocycles. The summed E-state index contributed by atoms with van der Waals surface area (Å²) in [5.41, 5.74) is 5.36. The molecule has 0 unspecified atom stereocenters. The summed E-state index contributed by atoms with van der Waals surface area (Å²) in [5, 5.41) is 7.22. The highest BCUT2D eigenvalue weighted by Crippen LogP contribution is 2.25. The molecule has 2 aromatic rings. The smallest absolute Gasteiger partial charge is 0.271 e. The van der Waals surface area contributed by atoms with Crippen molar-refractivity contribution in [3.63, 3.8) is 0 Å². The quantitative estimate of drug-likeness (QED) is 0.498. The molecule has 6 heteroatoms. The van der Waals surface area contributed by atoms with E-state index in [2.05, 4.69) is 31.8 Å². The second kappa shape index (κ2) is 9.64. The fraction of sp³-hybridized carbons (Fsp3) is 0.318. The maximum absolute atomic E-state index is 12.4. The van der Waals surface area contributed by atoms with Gasteiger partial charge < -0.3 is 5.32 Å². The van der Waals surface area contributed by atoms with Crippen LogP contribution in [0.1, 0.15) is 54.9 Å². The van der Waals surface area contributed by atoms with Gasteiger partial charge in [-0.3, -0.25) is 9.59 Å². The molecule has 1 saturated carbocycles. The lowest BCUT2D eigenvalue weighted by Gasteiger charge is -2.20. The van der Waals surface area contributed by atoms with Gasteiger partial charge in [0.25, 0.3) is 5.91 Å². The Balaban J connectivity index is 1.64. The molecule has 0 spiro atoms. The third-order valence-electron chi connectivity index (χ3n) is 4.94. The number of amides is 2. The van der Waals surface area contributed by atoms with Gasteiger partial charge in [0.2, 0.25) is 5.91 Å². The molecule has 146 valence electrons. The van der Waals surface area contributed by atoms with Crippen LogP contribution in [0.5, 0.6) is 0 Å². The van der Waals surface area contributed by atoms with Crippen molar-refractivity contribution in [2.24, 2.45) is 11.0 Å². The first-order valence-electron chi connectivity index (χ1n) is 9.54. The molecule has 0 aromatic heterocycles. The number of anilines is 1. The molecule has 0 bridgehead atoms. The fourth-order valence-corrected chi connectivity index (χ4v) is 3.72. The van der Waals surface area contributed by atoms with Crippen LogP contribution in [0.4, 0.5) is 5.69 Å². The number of hydrogen-bond acceptors (Lipinski definition) is 3. The van der Waals surface area contributed by atoms with Crippen LogP contribution in [0.25, 0.3) is 0 Å². The van der Waals surface area contributed by atoms with Gasteiger partial charge in [-0.1, -0.05) is 53.4 Å². The Labute approximate surface area is 173 Å². The normalized spacial score (nSPS) is 15.1. The first kappa shape index (κ1) is 20.3. The number of nitrogens with zero attached hydrogens (tertiary/aromatic N) is 1. The van der Waals surface area contributed by atoms with Crippen LogP contribution in [0, 0.1) is 5.92 Å². The summed E-state index contributed by atoms with van der Waals surface area (Å²) in [4.78, 5) is 24.7. The molecule has 2 N–H and O–H groups in total. The predicted octanol–water partition coefficient (Wildman–Crippen LogP) is 5.12.